The van der Waals surface area contributed by atoms with Gasteiger partial charge in [0.2, 0.25) is 0 Å². The SMILES string of the molecule is CC(C)(C)OC(=O)Nc1ccccc1NC(=O)c1ccc(CN(CCCN2CCOCC2)C(=O)Nc2nc3ccccc3s2)cn1. The van der Waals surface area contributed by atoms with Gasteiger partial charge in [0.25, 0.3) is 5.91 Å². The van der Waals surface area contributed by atoms with Crippen LogP contribution in [0.2, 0.25) is 0 Å². The van der Waals surface area contributed by atoms with Crippen molar-refractivity contribution in [2.75, 3.05) is 55.3 Å². The quantitative estimate of drug-likeness (QED) is 0.190. The zero-order valence-corrected chi connectivity index (χ0v) is 27.1. The fourth-order valence-electron chi connectivity index (χ4n) is 4.83. The van der Waals surface area contributed by atoms with Crippen LogP contribution >= 0.6 is 11.3 Å². The molecule has 2 aromatic carbocycles. The Morgan fingerprint density at radius 1 is 0.957 bits per heavy atom. The normalized spacial score (nSPS) is 13.6. The van der Waals surface area contributed by atoms with Crippen LogP contribution in [0.1, 0.15) is 43.2 Å². The number of nitrogens with one attached hydrogen (secondary N) is 3. The van der Waals surface area contributed by atoms with Crippen LogP contribution in [0, 0.1) is 0 Å². The number of anilines is 3. The number of urea groups is 1. The second kappa shape index (κ2) is 15.1. The Morgan fingerprint density at radius 3 is 2.37 bits per heavy atom. The van der Waals surface area contributed by atoms with Crippen molar-refractivity contribution in [1.82, 2.24) is 19.8 Å². The van der Waals surface area contributed by atoms with E-state index in [1.165, 1.54) is 11.3 Å². The maximum atomic E-state index is 13.5. The number of carbonyl (C=O) groups excluding carboxylic acids is 3. The Hall–Kier alpha value is -4.59. The summed E-state index contributed by atoms with van der Waals surface area (Å²) in [7, 11) is 0. The highest BCUT2D eigenvalue weighted by atomic mass is 32.1. The molecular weight excluding hydrogens is 606 g/mol. The lowest BCUT2D eigenvalue weighted by molar-refractivity contribution is 0.0365. The average Bonchev–Trinajstić information content (AvgIpc) is 3.44. The largest absolute Gasteiger partial charge is 0.444 e. The summed E-state index contributed by atoms with van der Waals surface area (Å²) in [6.45, 7) is 10.2. The number of ether oxygens (including phenoxy) is 2. The van der Waals surface area contributed by atoms with Crippen molar-refractivity contribution in [1.29, 1.82) is 0 Å². The van der Waals surface area contributed by atoms with Gasteiger partial charge in [-0.05, 0) is 63.1 Å². The molecule has 0 radical (unpaired) electrons. The van der Waals surface area contributed by atoms with E-state index in [1.807, 2.05) is 24.3 Å². The fourth-order valence-corrected chi connectivity index (χ4v) is 5.69. The van der Waals surface area contributed by atoms with Crippen molar-refractivity contribution < 1.29 is 23.9 Å². The van der Waals surface area contributed by atoms with E-state index >= 15 is 0 Å². The molecule has 1 fully saturated rings. The summed E-state index contributed by atoms with van der Waals surface area (Å²) in [5.41, 5.74) is 1.93. The molecular formula is C33H39N7O5S. The van der Waals surface area contributed by atoms with Gasteiger partial charge in [-0.15, -0.1) is 0 Å². The van der Waals surface area contributed by atoms with Crippen molar-refractivity contribution in [3.8, 4) is 0 Å². The zero-order valence-electron chi connectivity index (χ0n) is 26.2. The molecule has 0 bridgehead atoms. The van der Waals surface area contributed by atoms with Crippen LogP contribution in [-0.4, -0.2) is 82.8 Å². The van der Waals surface area contributed by atoms with E-state index in [1.54, 1.807) is 68.3 Å². The number of rotatable bonds is 10. The molecule has 2 aromatic heterocycles. The summed E-state index contributed by atoms with van der Waals surface area (Å²) in [5.74, 6) is -0.444. The smallest absolute Gasteiger partial charge is 0.412 e. The molecule has 0 saturated carbocycles. The number of nitrogens with zero attached hydrogens (tertiary/aromatic N) is 4. The van der Waals surface area contributed by atoms with Gasteiger partial charge in [-0.2, -0.15) is 0 Å². The van der Waals surface area contributed by atoms with Gasteiger partial charge >= 0.3 is 12.1 Å². The average molecular weight is 646 g/mol. The molecule has 13 heteroatoms. The van der Waals surface area contributed by atoms with Crippen LogP contribution in [0.3, 0.4) is 0 Å². The van der Waals surface area contributed by atoms with E-state index in [9.17, 15) is 14.4 Å². The Kier molecular flexibility index (Phi) is 10.8. The highest BCUT2D eigenvalue weighted by Gasteiger charge is 2.20. The summed E-state index contributed by atoms with van der Waals surface area (Å²) in [6, 6.07) is 17.7. The van der Waals surface area contributed by atoms with Gasteiger partial charge in [-0.3, -0.25) is 25.3 Å². The Balaban J connectivity index is 1.23. The predicted molar refractivity (Wildman–Crippen MR) is 179 cm³/mol. The van der Waals surface area contributed by atoms with E-state index in [0.29, 0.717) is 29.6 Å². The van der Waals surface area contributed by atoms with Crippen LogP contribution in [-0.2, 0) is 16.0 Å². The summed E-state index contributed by atoms with van der Waals surface area (Å²) in [4.78, 5) is 51.8. The van der Waals surface area contributed by atoms with E-state index in [4.69, 9.17) is 9.47 Å². The lowest BCUT2D eigenvalue weighted by Crippen LogP contribution is -2.40. The Bertz CT molecular complexity index is 1620. The topological polar surface area (TPSA) is 138 Å². The molecule has 12 nitrogen and oxygen atoms in total. The maximum absolute atomic E-state index is 13.5. The lowest BCUT2D eigenvalue weighted by atomic mass is 10.2. The Labute approximate surface area is 272 Å². The zero-order chi connectivity index (χ0) is 32.5. The molecule has 3 N–H and O–H groups in total. The van der Waals surface area contributed by atoms with E-state index in [2.05, 4.69) is 30.8 Å². The van der Waals surface area contributed by atoms with Gasteiger partial charge < -0.3 is 19.7 Å². The lowest BCUT2D eigenvalue weighted by Gasteiger charge is -2.28. The molecule has 0 aliphatic carbocycles. The van der Waals surface area contributed by atoms with Crippen molar-refractivity contribution in [2.45, 2.75) is 39.3 Å². The third-order valence-corrected chi connectivity index (χ3v) is 7.99. The second-order valence-corrected chi connectivity index (χ2v) is 12.9. The van der Waals surface area contributed by atoms with Crippen LogP contribution in [0.4, 0.5) is 26.1 Å². The summed E-state index contributed by atoms with van der Waals surface area (Å²) in [5, 5.41) is 8.98. The molecule has 1 aliphatic heterocycles. The molecule has 4 amide bonds. The van der Waals surface area contributed by atoms with Crippen molar-refractivity contribution in [2.24, 2.45) is 0 Å². The molecule has 5 rings (SSSR count). The molecule has 1 aliphatic rings. The van der Waals surface area contributed by atoms with Crippen molar-refractivity contribution in [3.05, 3.63) is 78.1 Å². The number of hydrogen-bond acceptors (Lipinski definition) is 9. The summed E-state index contributed by atoms with van der Waals surface area (Å²) >= 11 is 1.43. The van der Waals surface area contributed by atoms with E-state index < -0.39 is 17.6 Å². The summed E-state index contributed by atoms with van der Waals surface area (Å²) < 4.78 is 11.8. The van der Waals surface area contributed by atoms with Gasteiger partial charge in [-0.25, -0.2) is 14.6 Å². The van der Waals surface area contributed by atoms with E-state index in [-0.39, 0.29) is 11.7 Å². The first-order chi connectivity index (χ1) is 22.1. The van der Waals surface area contributed by atoms with Gasteiger partial charge in [0.05, 0.1) is 34.8 Å². The number of carbonyl (C=O) groups is 3. The third kappa shape index (κ3) is 9.46. The number of benzene rings is 2. The van der Waals surface area contributed by atoms with Gasteiger partial charge in [-0.1, -0.05) is 41.7 Å². The van der Waals surface area contributed by atoms with Crippen LogP contribution in [0.25, 0.3) is 10.2 Å². The first kappa shape index (κ1) is 32.8. The van der Waals surface area contributed by atoms with Gasteiger partial charge in [0.1, 0.15) is 11.3 Å². The van der Waals surface area contributed by atoms with Gasteiger partial charge in [0, 0.05) is 38.9 Å². The number of thiazole rings is 1. The minimum Gasteiger partial charge on any atom is -0.444 e. The molecule has 1 saturated heterocycles. The fraction of sp³-hybridized carbons (Fsp3) is 0.364. The van der Waals surface area contributed by atoms with Crippen LogP contribution in [0.15, 0.2) is 66.9 Å². The number of hydrogen-bond donors (Lipinski definition) is 3. The second-order valence-electron chi connectivity index (χ2n) is 11.8. The Morgan fingerprint density at radius 2 is 1.67 bits per heavy atom. The molecule has 3 heterocycles. The van der Waals surface area contributed by atoms with Crippen LogP contribution in [0.5, 0.6) is 0 Å². The molecule has 242 valence electrons. The molecule has 0 atom stereocenters. The molecule has 4 aromatic rings. The molecule has 0 spiro atoms. The number of aromatic nitrogens is 2. The predicted octanol–water partition coefficient (Wildman–Crippen LogP) is 6.05. The number of para-hydroxylation sites is 3. The van der Waals surface area contributed by atoms with Crippen molar-refractivity contribution >= 4 is 56.1 Å². The minimum atomic E-state index is -0.664. The third-order valence-electron chi connectivity index (χ3n) is 7.04. The maximum Gasteiger partial charge on any atom is 0.412 e. The van der Waals surface area contributed by atoms with E-state index in [0.717, 1.165) is 55.0 Å². The number of amides is 4. The number of fused-ring (bicyclic) bond motifs is 1. The van der Waals surface area contributed by atoms with Crippen LogP contribution < -0.4 is 16.0 Å². The summed E-state index contributed by atoms with van der Waals surface area (Å²) in [6.07, 6.45) is 1.76. The molecule has 0 unspecified atom stereocenters. The van der Waals surface area contributed by atoms with Gasteiger partial charge in [0.15, 0.2) is 5.13 Å². The first-order valence-corrected chi connectivity index (χ1v) is 16.0. The number of pyridine rings is 1. The minimum absolute atomic E-state index is 0.189. The standard InChI is InChI=1S/C33H39N7O5S/c1-33(2,3)45-32(43)37-25-10-5-4-9-24(25)35-29(41)27-14-13-23(21-34-27)22-40(16-8-15-39-17-19-44-20-18-39)31(42)38-30-36-26-11-6-7-12-28(26)46-30/h4-7,9-14,21H,8,15-20,22H2,1-3H3,(H,35,41)(H,37,43)(H,36,38,42). The monoisotopic (exact) mass is 645 g/mol. The molecule has 46 heavy (non-hydrogen) atoms. The number of morpholine rings is 1. The van der Waals surface area contributed by atoms with Crippen molar-refractivity contribution in [3.63, 3.8) is 0 Å². The highest BCUT2D eigenvalue weighted by molar-refractivity contribution is 7.22. The first-order valence-electron chi connectivity index (χ1n) is 15.2. The highest BCUT2D eigenvalue weighted by Crippen LogP contribution is 2.26.